The van der Waals surface area contributed by atoms with Gasteiger partial charge in [0.2, 0.25) is 0 Å². The van der Waals surface area contributed by atoms with Crippen molar-refractivity contribution < 1.29 is 4.92 Å². The third kappa shape index (κ3) is 6.03. The molecule has 1 aliphatic heterocycles. The summed E-state index contributed by atoms with van der Waals surface area (Å²) in [5.41, 5.74) is 2.44. The average molecular weight is 408 g/mol. The van der Waals surface area contributed by atoms with Crippen LogP contribution in [0.1, 0.15) is 36.8 Å². The molecule has 0 unspecified atom stereocenters. The van der Waals surface area contributed by atoms with Crippen LogP contribution in [0, 0.1) is 10.1 Å². The highest BCUT2D eigenvalue weighted by Gasteiger charge is 2.25. The molecule has 1 aliphatic carbocycles. The number of aliphatic imine (C=N–C) groups is 1. The molecule has 0 radical (unpaired) electrons. The Kier molecular flexibility index (Phi) is 6.59. The quantitative estimate of drug-likeness (QED) is 0.318. The van der Waals surface area contributed by atoms with E-state index in [1.165, 1.54) is 30.5 Å². The summed E-state index contributed by atoms with van der Waals surface area (Å²) in [7, 11) is 0. The van der Waals surface area contributed by atoms with Crippen molar-refractivity contribution >= 4 is 11.6 Å². The number of hydrogen-bond acceptors (Lipinski definition) is 4. The summed E-state index contributed by atoms with van der Waals surface area (Å²) in [4.78, 5) is 17.7. The summed E-state index contributed by atoms with van der Waals surface area (Å²) in [5.74, 6) is 0.859. The van der Waals surface area contributed by atoms with Gasteiger partial charge in [-0.3, -0.25) is 15.0 Å². The molecule has 4 rings (SSSR count). The maximum atomic E-state index is 10.8. The number of piperidine rings is 1. The van der Waals surface area contributed by atoms with Gasteiger partial charge in [-0.25, -0.2) is 4.99 Å². The van der Waals surface area contributed by atoms with E-state index in [2.05, 4.69) is 45.9 Å². The Bertz CT molecular complexity index is 857. The van der Waals surface area contributed by atoms with Gasteiger partial charge in [0.05, 0.1) is 11.5 Å². The number of nitrogens with one attached hydrogen (secondary N) is 2. The molecule has 0 atom stereocenters. The number of hydrogen-bond donors (Lipinski definition) is 2. The van der Waals surface area contributed by atoms with Crippen molar-refractivity contribution in [2.75, 3.05) is 13.1 Å². The summed E-state index contributed by atoms with van der Waals surface area (Å²) in [6.45, 7) is 3.67. The lowest BCUT2D eigenvalue weighted by atomic mass is 10.0. The van der Waals surface area contributed by atoms with Gasteiger partial charge in [-0.15, -0.1) is 0 Å². The zero-order chi connectivity index (χ0) is 20.8. The lowest BCUT2D eigenvalue weighted by Gasteiger charge is -2.33. The van der Waals surface area contributed by atoms with Crippen LogP contribution in [-0.4, -0.2) is 41.0 Å². The lowest BCUT2D eigenvalue weighted by Crippen LogP contribution is -2.49. The van der Waals surface area contributed by atoms with Crippen LogP contribution in [0.25, 0.3) is 0 Å². The molecule has 0 spiro atoms. The van der Waals surface area contributed by atoms with Gasteiger partial charge in [0.25, 0.3) is 5.69 Å². The Balaban J connectivity index is 1.29. The predicted molar refractivity (Wildman–Crippen MR) is 118 cm³/mol. The van der Waals surface area contributed by atoms with Crippen molar-refractivity contribution in [2.24, 2.45) is 4.99 Å². The Morgan fingerprint density at radius 1 is 0.933 bits per heavy atom. The maximum Gasteiger partial charge on any atom is 0.269 e. The second-order valence-electron chi connectivity index (χ2n) is 8.19. The fourth-order valence-electron chi connectivity index (χ4n) is 3.72. The molecule has 158 valence electrons. The average Bonchev–Trinajstić information content (AvgIpc) is 3.58. The largest absolute Gasteiger partial charge is 0.354 e. The first kappa shape index (κ1) is 20.3. The van der Waals surface area contributed by atoms with Crippen LogP contribution in [0.3, 0.4) is 0 Å². The fraction of sp³-hybridized carbons (Fsp3) is 0.435. The fourth-order valence-corrected chi connectivity index (χ4v) is 3.72. The van der Waals surface area contributed by atoms with Gasteiger partial charge in [0.15, 0.2) is 5.96 Å². The monoisotopic (exact) mass is 407 g/mol. The van der Waals surface area contributed by atoms with E-state index in [1.807, 2.05) is 0 Å². The maximum absolute atomic E-state index is 10.8. The Hall–Kier alpha value is -2.93. The molecule has 2 aromatic rings. The highest BCUT2D eigenvalue weighted by Crippen LogP contribution is 2.19. The lowest BCUT2D eigenvalue weighted by molar-refractivity contribution is -0.384. The minimum Gasteiger partial charge on any atom is -0.354 e. The second kappa shape index (κ2) is 9.71. The van der Waals surface area contributed by atoms with Crippen molar-refractivity contribution in [1.82, 2.24) is 15.5 Å². The topological polar surface area (TPSA) is 82.8 Å². The molecule has 0 bridgehead atoms. The van der Waals surface area contributed by atoms with Gasteiger partial charge in [-0.1, -0.05) is 42.5 Å². The first-order valence-corrected chi connectivity index (χ1v) is 10.7. The van der Waals surface area contributed by atoms with E-state index in [1.54, 1.807) is 12.1 Å². The van der Waals surface area contributed by atoms with E-state index < -0.39 is 0 Å². The van der Waals surface area contributed by atoms with Crippen LogP contribution in [-0.2, 0) is 13.1 Å². The Morgan fingerprint density at radius 3 is 2.17 bits per heavy atom. The van der Waals surface area contributed by atoms with E-state index in [0.29, 0.717) is 18.6 Å². The number of rotatable bonds is 7. The Morgan fingerprint density at radius 2 is 1.57 bits per heavy atom. The molecule has 2 fully saturated rings. The van der Waals surface area contributed by atoms with Crippen molar-refractivity contribution in [3.63, 3.8) is 0 Å². The van der Waals surface area contributed by atoms with E-state index >= 15 is 0 Å². The Labute approximate surface area is 177 Å². The SMILES string of the molecule is O=[N+]([O-])c1ccc(CN=C(NC2CC2)NC2CCN(Cc3ccccc3)CC2)cc1. The minimum absolute atomic E-state index is 0.111. The van der Waals surface area contributed by atoms with Gasteiger partial charge in [-0.2, -0.15) is 0 Å². The van der Waals surface area contributed by atoms with Crippen molar-refractivity contribution in [3.8, 4) is 0 Å². The van der Waals surface area contributed by atoms with E-state index in [0.717, 1.165) is 44.0 Å². The summed E-state index contributed by atoms with van der Waals surface area (Å²) in [5, 5.41) is 17.9. The molecule has 1 heterocycles. The molecular formula is C23H29N5O2. The summed E-state index contributed by atoms with van der Waals surface area (Å²) >= 11 is 0. The molecule has 1 saturated heterocycles. The standard InChI is InChI=1S/C23H29N5O2/c29-28(30)22-10-6-18(7-11-22)16-24-23(25-20-8-9-20)26-21-12-14-27(15-13-21)17-19-4-2-1-3-5-19/h1-7,10-11,20-21H,8-9,12-17H2,(H2,24,25,26). The molecule has 0 aromatic heterocycles. The van der Waals surface area contributed by atoms with Crippen molar-refractivity contribution in [3.05, 3.63) is 75.8 Å². The molecule has 30 heavy (non-hydrogen) atoms. The van der Waals surface area contributed by atoms with Gasteiger partial charge < -0.3 is 10.6 Å². The van der Waals surface area contributed by atoms with Crippen molar-refractivity contribution in [1.29, 1.82) is 0 Å². The van der Waals surface area contributed by atoms with E-state index in [4.69, 9.17) is 4.99 Å². The normalized spacial score (nSPS) is 18.2. The number of likely N-dealkylation sites (tertiary alicyclic amines) is 1. The highest BCUT2D eigenvalue weighted by molar-refractivity contribution is 5.80. The van der Waals surface area contributed by atoms with Crippen molar-refractivity contribution in [2.45, 2.75) is 50.9 Å². The van der Waals surface area contributed by atoms with Gasteiger partial charge in [0.1, 0.15) is 0 Å². The molecule has 7 heteroatoms. The van der Waals surface area contributed by atoms with Gasteiger partial charge in [0, 0.05) is 43.9 Å². The number of benzene rings is 2. The molecule has 0 amide bonds. The predicted octanol–water partition coefficient (Wildman–Crippen LogP) is 3.46. The van der Waals surface area contributed by atoms with E-state index in [9.17, 15) is 10.1 Å². The number of non-ortho nitro benzene ring substituents is 1. The van der Waals surface area contributed by atoms with Gasteiger partial charge >= 0.3 is 0 Å². The minimum atomic E-state index is -0.376. The molecule has 1 saturated carbocycles. The number of nitrogens with zero attached hydrogens (tertiary/aromatic N) is 3. The highest BCUT2D eigenvalue weighted by atomic mass is 16.6. The van der Waals surface area contributed by atoms with Gasteiger partial charge in [-0.05, 0) is 36.8 Å². The smallest absolute Gasteiger partial charge is 0.269 e. The van der Waals surface area contributed by atoms with Crippen LogP contribution in [0.5, 0.6) is 0 Å². The molecule has 2 aromatic carbocycles. The summed E-state index contributed by atoms with van der Waals surface area (Å²) in [6, 6.07) is 18.2. The second-order valence-corrected chi connectivity index (χ2v) is 8.19. The molecular weight excluding hydrogens is 378 g/mol. The number of nitro benzene ring substituents is 1. The van der Waals surface area contributed by atoms with Crippen LogP contribution in [0.15, 0.2) is 59.6 Å². The molecule has 2 N–H and O–H groups in total. The van der Waals surface area contributed by atoms with E-state index in [-0.39, 0.29) is 10.6 Å². The number of guanidine groups is 1. The zero-order valence-electron chi connectivity index (χ0n) is 17.2. The third-order valence-corrected chi connectivity index (χ3v) is 5.66. The van der Waals surface area contributed by atoms with Crippen LogP contribution < -0.4 is 10.6 Å². The molecule has 2 aliphatic rings. The number of nitro groups is 1. The third-order valence-electron chi connectivity index (χ3n) is 5.66. The van der Waals surface area contributed by atoms with Crippen LogP contribution >= 0.6 is 0 Å². The summed E-state index contributed by atoms with van der Waals surface area (Å²) < 4.78 is 0. The van der Waals surface area contributed by atoms with Crippen LogP contribution in [0.4, 0.5) is 5.69 Å². The summed E-state index contributed by atoms with van der Waals surface area (Å²) in [6.07, 6.45) is 4.56. The zero-order valence-corrected chi connectivity index (χ0v) is 17.2. The van der Waals surface area contributed by atoms with Crippen LogP contribution in [0.2, 0.25) is 0 Å². The first-order chi connectivity index (χ1) is 14.7. The molecule has 7 nitrogen and oxygen atoms in total. The first-order valence-electron chi connectivity index (χ1n) is 10.7.